The van der Waals surface area contributed by atoms with Gasteiger partial charge in [-0.15, -0.1) is 0 Å². The highest BCUT2D eigenvalue weighted by Crippen LogP contribution is 2.25. The van der Waals surface area contributed by atoms with Crippen molar-refractivity contribution in [2.24, 2.45) is 0 Å². The number of carbonyl (C=O) groups excluding carboxylic acids is 2. The number of para-hydroxylation sites is 2. The molecule has 0 bridgehead atoms. The average Bonchev–Trinajstić information content (AvgIpc) is 3.30. The molecule has 1 aliphatic heterocycles. The maximum atomic E-state index is 12.4. The minimum atomic E-state index is -0.214. The number of rotatable bonds is 10. The molecule has 0 aromatic heterocycles. The van der Waals surface area contributed by atoms with Gasteiger partial charge in [-0.3, -0.25) is 9.59 Å². The van der Waals surface area contributed by atoms with Crippen molar-refractivity contribution in [2.45, 2.75) is 45.3 Å². The van der Waals surface area contributed by atoms with Crippen LogP contribution < -0.4 is 20.7 Å². The second kappa shape index (κ2) is 11.4. The lowest BCUT2D eigenvalue weighted by Crippen LogP contribution is -2.32. The number of hydrogen-bond donors (Lipinski definition) is 3. The Labute approximate surface area is 183 Å². The lowest BCUT2D eigenvalue weighted by atomic mass is 10.1. The molecule has 0 aliphatic carbocycles. The minimum Gasteiger partial charge on any atom is -0.489 e. The lowest BCUT2D eigenvalue weighted by Gasteiger charge is -2.16. The van der Waals surface area contributed by atoms with E-state index in [1.54, 1.807) is 24.3 Å². The molecule has 2 aromatic carbocycles. The van der Waals surface area contributed by atoms with E-state index in [0.717, 1.165) is 31.6 Å². The van der Waals surface area contributed by atoms with E-state index in [9.17, 15) is 9.59 Å². The van der Waals surface area contributed by atoms with Gasteiger partial charge in [0.15, 0.2) is 0 Å². The molecule has 166 valence electrons. The highest BCUT2D eigenvalue weighted by molar-refractivity contribution is 5.98. The third kappa shape index (κ3) is 7.00. The van der Waals surface area contributed by atoms with Gasteiger partial charge in [0.05, 0.1) is 18.3 Å². The van der Waals surface area contributed by atoms with E-state index in [-0.39, 0.29) is 30.5 Å². The van der Waals surface area contributed by atoms with Gasteiger partial charge in [0.25, 0.3) is 5.91 Å². The number of hydrogen-bond acceptors (Lipinski definition) is 5. The lowest BCUT2D eigenvalue weighted by molar-refractivity contribution is -0.114. The van der Waals surface area contributed by atoms with Crippen molar-refractivity contribution in [1.82, 2.24) is 5.32 Å². The number of carbonyl (C=O) groups is 2. The first-order chi connectivity index (χ1) is 15.0. The molecule has 2 amide bonds. The summed E-state index contributed by atoms with van der Waals surface area (Å²) < 4.78 is 11.5. The first-order valence-corrected chi connectivity index (χ1v) is 10.8. The van der Waals surface area contributed by atoms with Crippen molar-refractivity contribution in [2.75, 3.05) is 30.4 Å². The minimum absolute atomic E-state index is 0.0730. The van der Waals surface area contributed by atoms with E-state index in [0.29, 0.717) is 23.6 Å². The Morgan fingerprint density at radius 3 is 2.81 bits per heavy atom. The molecular formula is C24H31N3O4. The number of amides is 2. The summed E-state index contributed by atoms with van der Waals surface area (Å²) in [6.45, 7) is 5.33. The molecule has 0 saturated carbocycles. The van der Waals surface area contributed by atoms with Crippen LogP contribution in [0.1, 0.15) is 43.5 Å². The van der Waals surface area contributed by atoms with Gasteiger partial charge >= 0.3 is 0 Å². The second-order valence-corrected chi connectivity index (χ2v) is 7.71. The Morgan fingerprint density at radius 1 is 1.19 bits per heavy atom. The van der Waals surface area contributed by atoms with Crippen molar-refractivity contribution in [1.29, 1.82) is 0 Å². The van der Waals surface area contributed by atoms with Crippen LogP contribution in [0.3, 0.4) is 0 Å². The Balaban J connectivity index is 1.52. The van der Waals surface area contributed by atoms with Crippen LogP contribution >= 0.6 is 0 Å². The fourth-order valence-electron chi connectivity index (χ4n) is 3.23. The van der Waals surface area contributed by atoms with Crippen molar-refractivity contribution in [3.8, 4) is 5.75 Å². The van der Waals surface area contributed by atoms with Gasteiger partial charge in [0.2, 0.25) is 5.91 Å². The Kier molecular flexibility index (Phi) is 8.29. The van der Waals surface area contributed by atoms with E-state index in [1.165, 1.54) is 0 Å². The van der Waals surface area contributed by atoms with Crippen molar-refractivity contribution in [3.63, 3.8) is 0 Å². The molecule has 7 nitrogen and oxygen atoms in total. The van der Waals surface area contributed by atoms with Crippen LogP contribution in [0, 0.1) is 0 Å². The Hall–Kier alpha value is -3.06. The largest absolute Gasteiger partial charge is 0.489 e. The van der Waals surface area contributed by atoms with Gasteiger partial charge in [0, 0.05) is 23.9 Å². The number of ether oxygens (including phenoxy) is 2. The molecule has 2 aromatic rings. The van der Waals surface area contributed by atoms with Gasteiger partial charge in [0.1, 0.15) is 12.4 Å². The van der Waals surface area contributed by atoms with E-state index in [2.05, 4.69) is 16.0 Å². The SMILES string of the molecule is CCC(C)NC(=O)c1cccc(NC(=O)CNc2ccccc2OCC2CCCO2)c1. The van der Waals surface area contributed by atoms with Crippen LogP contribution in [-0.4, -0.2) is 43.7 Å². The first kappa shape index (κ1) is 22.6. The zero-order valence-electron chi connectivity index (χ0n) is 18.1. The molecule has 0 radical (unpaired) electrons. The Morgan fingerprint density at radius 2 is 2.03 bits per heavy atom. The van der Waals surface area contributed by atoms with Crippen LogP contribution in [0.5, 0.6) is 5.75 Å². The molecule has 31 heavy (non-hydrogen) atoms. The van der Waals surface area contributed by atoms with Gasteiger partial charge in [-0.1, -0.05) is 25.1 Å². The van der Waals surface area contributed by atoms with Gasteiger partial charge in [-0.05, 0) is 56.5 Å². The van der Waals surface area contributed by atoms with Crippen LogP contribution in [0.25, 0.3) is 0 Å². The summed E-state index contributed by atoms with van der Waals surface area (Å²) in [5.41, 5.74) is 1.84. The van der Waals surface area contributed by atoms with E-state index in [4.69, 9.17) is 9.47 Å². The normalized spacial score (nSPS) is 16.4. The predicted molar refractivity (Wildman–Crippen MR) is 122 cm³/mol. The summed E-state index contributed by atoms with van der Waals surface area (Å²) in [5, 5.41) is 8.88. The highest BCUT2D eigenvalue weighted by Gasteiger charge is 2.17. The molecule has 1 heterocycles. The fraction of sp³-hybridized carbons (Fsp3) is 0.417. The number of benzene rings is 2. The van der Waals surface area contributed by atoms with Crippen molar-refractivity contribution >= 4 is 23.2 Å². The smallest absolute Gasteiger partial charge is 0.251 e. The van der Waals surface area contributed by atoms with Crippen molar-refractivity contribution in [3.05, 3.63) is 54.1 Å². The summed E-state index contributed by atoms with van der Waals surface area (Å²) in [4.78, 5) is 24.7. The predicted octanol–water partition coefficient (Wildman–Crippen LogP) is 3.82. The molecule has 1 aliphatic rings. The van der Waals surface area contributed by atoms with Crippen LogP contribution in [-0.2, 0) is 9.53 Å². The second-order valence-electron chi connectivity index (χ2n) is 7.71. The fourth-order valence-corrected chi connectivity index (χ4v) is 3.23. The zero-order valence-corrected chi connectivity index (χ0v) is 18.1. The quantitative estimate of drug-likeness (QED) is 0.539. The molecule has 7 heteroatoms. The summed E-state index contributed by atoms with van der Waals surface area (Å²) in [6.07, 6.45) is 3.05. The maximum absolute atomic E-state index is 12.4. The van der Waals surface area contributed by atoms with E-state index < -0.39 is 0 Å². The van der Waals surface area contributed by atoms with Crippen LogP contribution in [0.15, 0.2) is 48.5 Å². The third-order valence-electron chi connectivity index (χ3n) is 5.17. The molecule has 1 fully saturated rings. The van der Waals surface area contributed by atoms with Crippen molar-refractivity contribution < 1.29 is 19.1 Å². The molecule has 3 N–H and O–H groups in total. The number of anilines is 2. The van der Waals surface area contributed by atoms with Gasteiger partial charge in [-0.25, -0.2) is 0 Å². The van der Waals surface area contributed by atoms with E-state index in [1.807, 2.05) is 38.1 Å². The van der Waals surface area contributed by atoms with Gasteiger partial charge < -0.3 is 25.4 Å². The molecule has 3 rings (SSSR count). The van der Waals surface area contributed by atoms with Crippen LogP contribution in [0.4, 0.5) is 11.4 Å². The van der Waals surface area contributed by atoms with Gasteiger partial charge in [-0.2, -0.15) is 0 Å². The summed E-state index contributed by atoms with van der Waals surface area (Å²) in [6, 6.07) is 14.5. The zero-order chi connectivity index (χ0) is 22.1. The van der Waals surface area contributed by atoms with Crippen LogP contribution in [0.2, 0.25) is 0 Å². The summed E-state index contributed by atoms with van der Waals surface area (Å²) >= 11 is 0. The Bertz CT molecular complexity index is 881. The maximum Gasteiger partial charge on any atom is 0.251 e. The molecule has 1 saturated heterocycles. The molecule has 2 unspecified atom stereocenters. The monoisotopic (exact) mass is 425 g/mol. The third-order valence-corrected chi connectivity index (χ3v) is 5.17. The molecular weight excluding hydrogens is 394 g/mol. The summed E-state index contributed by atoms with van der Waals surface area (Å²) in [7, 11) is 0. The molecule has 2 atom stereocenters. The average molecular weight is 426 g/mol. The first-order valence-electron chi connectivity index (χ1n) is 10.8. The van der Waals surface area contributed by atoms with E-state index >= 15 is 0 Å². The highest BCUT2D eigenvalue weighted by atomic mass is 16.5. The number of nitrogens with one attached hydrogen (secondary N) is 3. The molecule has 0 spiro atoms. The topological polar surface area (TPSA) is 88.7 Å². The standard InChI is InChI=1S/C24H31N3O4/c1-3-17(2)26-24(29)18-8-6-9-19(14-18)27-23(28)15-25-21-11-4-5-12-22(21)31-16-20-10-7-13-30-20/h4-6,8-9,11-12,14,17,20,25H,3,7,10,13,15-16H2,1-2H3,(H,26,29)(H,27,28). The summed E-state index contributed by atoms with van der Waals surface area (Å²) in [5.74, 6) is 0.323.